The summed E-state index contributed by atoms with van der Waals surface area (Å²) in [6.45, 7) is 5.56. The van der Waals surface area contributed by atoms with Gasteiger partial charge in [0.2, 0.25) is 0 Å². The first-order chi connectivity index (χ1) is 5.48. The van der Waals surface area contributed by atoms with Crippen LogP contribution in [0.4, 0.5) is 0 Å². The maximum atomic E-state index is 11.7. The van der Waals surface area contributed by atoms with E-state index >= 15 is 0 Å². The van der Waals surface area contributed by atoms with Crippen molar-refractivity contribution >= 4 is 5.78 Å². The molecule has 0 amide bonds. The van der Waals surface area contributed by atoms with E-state index in [0.29, 0.717) is 0 Å². The molecule has 2 nitrogen and oxygen atoms in total. The highest BCUT2D eigenvalue weighted by Gasteiger charge is 2.42. The predicted molar refractivity (Wildman–Crippen MR) is 47.8 cm³/mol. The summed E-state index contributed by atoms with van der Waals surface area (Å²) < 4.78 is 0. The second-order valence-corrected chi connectivity index (χ2v) is 4.25. The van der Waals surface area contributed by atoms with Crippen LogP contribution in [0.3, 0.4) is 0 Å². The van der Waals surface area contributed by atoms with Crippen LogP contribution in [0.25, 0.3) is 0 Å². The molecule has 1 aliphatic rings. The zero-order chi connectivity index (χ0) is 9.35. The first kappa shape index (κ1) is 9.72. The van der Waals surface area contributed by atoms with Crippen molar-refractivity contribution in [3.05, 3.63) is 0 Å². The normalized spacial score (nSPS) is 39.7. The Morgan fingerprint density at radius 3 is 2.67 bits per heavy atom. The van der Waals surface area contributed by atoms with Gasteiger partial charge in [0.25, 0.3) is 0 Å². The number of aliphatic hydroxyl groups excluding tert-OH is 1. The summed E-state index contributed by atoms with van der Waals surface area (Å²) in [4.78, 5) is 11.7. The lowest BCUT2D eigenvalue weighted by Crippen LogP contribution is -2.44. The lowest BCUT2D eigenvalue weighted by atomic mass is 9.67. The molecule has 0 radical (unpaired) electrons. The van der Waals surface area contributed by atoms with Gasteiger partial charge in [0.15, 0.2) is 0 Å². The van der Waals surface area contributed by atoms with Crippen LogP contribution in [0.2, 0.25) is 0 Å². The Hall–Kier alpha value is -0.370. The van der Waals surface area contributed by atoms with Crippen LogP contribution in [0.15, 0.2) is 0 Å². The van der Waals surface area contributed by atoms with E-state index in [-0.39, 0.29) is 11.7 Å². The molecule has 2 heteroatoms. The fourth-order valence-corrected chi connectivity index (χ4v) is 2.01. The molecular formula is C10H18O2. The molecular weight excluding hydrogens is 152 g/mol. The van der Waals surface area contributed by atoms with Gasteiger partial charge in [-0.2, -0.15) is 0 Å². The molecule has 0 aromatic heterocycles. The van der Waals surface area contributed by atoms with Crippen LogP contribution in [0.1, 0.15) is 40.0 Å². The Bertz CT molecular complexity index is 186. The second-order valence-electron chi connectivity index (χ2n) is 4.25. The van der Waals surface area contributed by atoms with E-state index in [2.05, 4.69) is 0 Å². The zero-order valence-corrected chi connectivity index (χ0v) is 8.13. The smallest absolute Gasteiger partial charge is 0.144 e. The van der Waals surface area contributed by atoms with Crippen LogP contribution in [-0.2, 0) is 4.79 Å². The standard InChI is InChI=1S/C10H18O2/c1-7-5-4-6-10(3,8(2)11)9(7)12/h7-8,11H,4-6H2,1-3H3/t7-,8?,10+/m1/s1. The van der Waals surface area contributed by atoms with Gasteiger partial charge in [-0.25, -0.2) is 0 Å². The lowest BCUT2D eigenvalue weighted by Gasteiger charge is -2.37. The average Bonchev–Trinajstić information content (AvgIpc) is 2.00. The fraction of sp³-hybridized carbons (Fsp3) is 0.900. The molecule has 0 bridgehead atoms. The Labute approximate surface area is 74.0 Å². The Morgan fingerprint density at radius 2 is 2.25 bits per heavy atom. The molecule has 1 unspecified atom stereocenters. The van der Waals surface area contributed by atoms with Crippen LogP contribution in [0, 0.1) is 11.3 Å². The molecule has 1 fully saturated rings. The van der Waals surface area contributed by atoms with E-state index in [1.54, 1.807) is 6.92 Å². The molecule has 1 aliphatic carbocycles. The summed E-state index contributed by atoms with van der Waals surface area (Å²) in [5.74, 6) is 0.377. The summed E-state index contributed by atoms with van der Waals surface area (Å²) in [5, 5.41) is 9.50. The monoisotopic (exact) mass is 170 g/mol. The van der Waals surface area contributed by atoms with E-state index < -0.39 is 11.5 Å². The minimum atomic E-state index is -0.507. The van der Waals surface area contributed by atoms with Gasteiger partial charge in [-0.15, -0.1) is 0 Å². The van der Waals surface area contributed by atoms with Crippen molar-refractivity contribution < 1.29 is 9.90 Å². The summed E-state index contributed by atoms with van der Waals surface area (Å²) in [6, 6.07) is 0. The summed E-state index contributed by atoms with van der Waals surface area (Å²) in [6.07, 6.45) is 2.39. The third-order valence-electron chi connectivity index (χ3n) is 3.27. The van der Waals surface area contributed by atoms with Crippen molar-refractivity contribution in [1.82, 2.24) is 0 Å². The second kappa shape index (κ2) is 3.17. The molecule has 1 saturated carbocycles. The number of carbonyl (C=O) groups is 1. The highest BCUT2D eigenvalue weighted by Crippen LogP contribution is 2.38. The van der Waals surface area contributed by atoms with Gasteiger partial charge in [0.1, 0.15) is 5.78 Å². The van der Waals surface area contributed by atoms with E-state index in [0.717, 1.165) is 19.3 Å². The highest BCUT2D eigenvalue weighted by molar-refractivity contribution is 5.87. The molecule has 70 valence electrons. The Balaban J connectivity index is 2.81. The number of ketones is 1. The van der Waals surface area contributed by atoms with Crippen molar-refractivity contribution in [1.29, 1.82) is 0 Å². The van der Waals surface area contributed by atoms with E-state index in [9.17, 15) is 9.90 Å². The van der Waals surface area contributed by atoms with Crippen molar-refractivity contribution in [2.45, 2.75) is 46.1 Å². The molecule has 0 aromatic carbocycles. The van der Waals surface area contributed by atoms with Gasteiger partial charge >= 0.3 is 0 Å². The molecule has 3 atom stereocenters. The molecule has 0 spiro atoms. The van der Waals surface area contributed by atoms with Gasteiger partial charge in [0, 0.05) is 5.92 Å². The third-order valence-corrected chi connectivity index (χ3v) is 3.27. The van der Waals surface area contributed by atoms with Gasteiger partial charge in [0.05, 0.1) is 11.5 Å². The Kier molecular flexibility index (Phi) is 2.57. The first-order valence-electron chi connectivity index (χ1n) is 4.71. The van der Waals surface area contributed by atoms with Crippen LogP contribution >= 0.6 is 0 Å². The maximum absolute atomic E-state index is 11.7. The lowest BCUT2D eigenvalue weighted by molar-refractivity contribution is -0.141. The predicted octanol–water partition coefficient (Wildman–Crippen LogP) is 1.76. The van der Waals surface area contributed by atoms with Crippen molar-refractivity contribution in [2.24, 2.45) is 11.3 Å². The van der Waals surface area contributed by atoms with E-state index in [4.69, 9.17) is 0 Å². The van der Waals surface area contributed by atoms with Crippen molar-refractivity contribution in [3.8, 4) is 0 Å². The average molecular weight is 170 g/mol. The number of hydrogen-bond acceptors (Lipinski definition) is 2. The number of aliphatic hydroxyl groups is 1. The van der Waals surface area contributed by atoms with E-state index in [1.807, 2.05) is 13.8 Å². The maximum Gasteiger partial charge on any atom is 0.144 e. The molecule has 12 heavy (non-hydrogen) atoms. The number of hydrogen-bond donors (Lipinski definition) is 1. The first-order valence-corrected chi connectivity index (χ1v) is 4.71. The topological polar surface area (TPSA) is 37.3 Å². The minimum Gasteiger partial charge on any atom is -0.392 e. The SMILES string of the molecule is CC(O)[C@]1(C)CCC[C@@H](C)C1=O. The van der Waals surface area contributed by atoms with Crippen LogP contribution in [0.5, 0.6) is 0 Å². The summed E-state index contributed by atoms with van der Waals surface area (Å²) in [7, 11) is 0. The quantitative estimate of drug-likeness (QED) is 0.651. The highest BCUT2D eigenvalue weighted by atomic mass is 16.3. The van der Waals surface area contributed by atoms with Crippen LogP contribution < -0.4 is 0 Å². The zero-order valence-electron chi connectivity index (χ0n) is 8.13. The fourth-order valence-electron chi connectivity index (χ4n) is 2.01. The Morgan fingerprint density at radius 1 is 1.67 bits per heavy atom. The number of rotatable bonds is 1. The largest absolute Gasteiger partial charge is 0.392 e. The molecule has 0 heterocycles. The molecule has 0 saturated heterocycles. The van der Waals surface area contributed by atoms with Gasteiger partial charge in [-0.05, 0) is 19.8 Å². The van der Waals surface area contributed by atoms with Gasteiger partial charge < -0.3 is 5.11 Å². The molecule has 0 aliphatic heterocycles. The molecule has 1 N–H and O–H groups in total. The summed E-state index contributed by atoms with van der Waals surface area (Å²) in [5.41, 5.74) is -0.475. The summed E-state index contributed by atoms with van der Waals surface area (Å²) >= 11 is 0. The minimum absolute atomic E-state index is 0.137. The number of carbonyl (C=O) groups excluding carboxylic acids is 1. The van der Waals surface area contributed by atoms with Gasteiger partial charge in [-0.1, -0.05) is 20.3 Å². The van der Waals surface area contributed by atoms with Crippen molar-refractivity contribution in [2.75, 3.05) is 0 Å². The van der Waals surface area contributed by atoms with Gasteiger partial charge in [-0.3, -0.25) is 4.79 Å². The molecule has 0 aromatic rings. The third kappa shape index (κ3) is 1.40. The van der Waals surface area contributed by atoms with Crippen LogP contribution in [-0.4, -0.2) is 17.0 Å². The molecule has 1 rings (SSSR count). The van der Waals surface area contributed by atoms with E-state index in [1.165, 1.54) is 0 Å². The number of Topliss-reactive ketones (excluding diaryl/α,β-unsaturated/α-hetero) is 1. The van der Waals surface area contributed by atoms with Crippen molar-refractivity contribution in [3.63, 3.8) is 0 Å².